The minimum Gasteiger partial charge on any atom is -0.298 e. The fourth-order valence-electron chi connectivity index (χ4n) is 0.854. The van der Waals surface area contributed by atoms with Gasteiger partial charge in [-0.05, 0) is 44.0 Å². The van der Waals surface area contributed by atoms with E-state index < -0.39 is 4.92 Å². The fraction of sp³-hybridized carbons (Fsp3) is 0. The molecule has 0 aromatic heterocycles. The van der Waals surface area contributed by atoms with E-state index in [1.54, 1.807) is 6.07 Å². The SMILES string of the molecule is O=Cc1c(Br)ccc(Br)c1[N+](=O)[O-]. The Labute approximate surface area is 90.3 Å². The summed E-state index contributed by atoms with van der Waals surface area (Å²) in [6, 6.07) is 3.08. The molecule has 0 aliphatic rings. The van der Waals surface area contributed by atoms with Gasteiger partial charge in [0, 0.05) is 4.47 Å². The lowest BCUT2D eigenvalue weighted by Gasteiger charge is -1.99. The number of carbonyl (C=O) groups is 1. The molecule has 1 rings (SSSR count). The second-order valence-corrected chi connectivity index (χ2v) is 3.88. The quantitative estimate of drug-likeness (QED) is 0.479. The predicted molar refractivity (Wildman–Crippen MR) is 53.9 cm³/mol. The average Bonchev–Trinajstić information content (AvgIpc) is 2.07. The Bertz CT molecular complexity index is 378. The van der Waals surface area contributed by atoms with Gasteiger partial charge in [0.05, 0.1) is 9.40 Å². The zero-order valence-corrected chi connectivity index (χ0v) is 9.33. The lowest BCUT2D eigenvalue weighted by molar-refractivity contribution is -0.385. The molecule has 0 saturated carbocycles. The smallest absolute Gasteiger partial charge is 0.295 e. The van der Waals surface area contributed by atoms with Crippen molar-refractivity contribution in [3.05, 3.63) is 36.8 Å². The maximum absolute atomic E-state index is 10.5. The van der Waals surface area contributed by atoms with Gasteiger partial charge in [0.1, 0.15) is 5.56 Å². The zero-order valence-electron chi connectivity index (χ0n) is 6.16. The molecular formula is C7H3Br2NO3. The topological polar surface area (TPSA) is 60.2 Å². The summed E-state index contributed by atoms with van der Waals surface area (Å²) in [5.41, 5.74) is -0.177. The van der Waals surface area contributed by atoms with E-state index in [0.717, 1.165) is 0 Å². The Balaban J connectivity index is 3.52. The Morgan fingerprint density at radius 3 is 2.23 bits per heavy atom. The first-order valence-electron chi connectivity index (χ1n) is 3.15. The Kier molecular flexibility index (Phi) is 3.16. The minimum absolute atomic E-state index is 0.0411. The number of nitro benzene ring substituents is 1. The van der Waals surface area contributed by atoms with E-state index in [2.05, 4.69) is 31.9 Å². The molecule has 0 heterocycles. The Morgan fingerprint density at radius 1 is 1.31 bits per heavy atom. The van der Waals surface area contributed by atoms with Gasteiger partial charge in [0.25, 0.3) is 5.69 Å². The third-order valence-electron chi connectivity index (χ3n) is 1.42. The summed E-state index contributed by atoms with van der Waals surface area (Å²) in [6.45, 7) is 0. The van der Waals surface area contributed by atoms with Gasteiger partial charge in [-0.2, -0.15) is 0 Å². The van der Waals surface area contributed by atoms with E-state index >= 15 is 0 Å². The number of hydrogen-bond donors (Lipinski definition) is 0. The first-order valence-corrected chi connectivity index (χ1v) is 4.74. The number of hydrogen-bond acceptors (Lipinski definition) is 3. The molecule has 4 nitrogen and oxygen atoms in total. The molecule has 0 fully saturated rings. The lowest BCUT2D eigenvalue weighted by Crippen LogP contribution is -1.96. The van der Waals surface area contributed by atoms with Gasteiger partial charge < -0.3 is 0 Å². The molecule has 68 valence electrons. The van der Waals surface area contributed by atoms with Gasteiger partial charge in [-0.1, -0.05) is 0 Å². The molecule has 0 spiro atoms. The summed E-state index contributed by atoms with van der Waals surface area (Å²) in [6.07, 6.45) is 0.451. The molecule has 0 bridgehead atoms. The van der Waals surface area contributed by atoms with Crippen molar-refractivity contribution in [2.75, 3.05) is 0 Å². The van der Waals surface area contributed by atoms with Crippen LogP contribution in [0.3, 0.4) is 0 Å². The van der Waals surface area contributed by atoms with Crippen molar-refractivity contribution in [3.8, 4) is 0 Å². The van der Waals surface area contributed by atoms with E-state index in [9.17, 15) is 14.9 Å². The van der Waals surface area contributed by atoms with Crippen LogP contribution in [0.4, 0.5) is 5.69 Å². The summed E-state index contributed by atoms with van der Waals surface area (Å²) < 4.78 is 0.709. The maximum atomic E-state index is 10.5. The van der Waals surface area contributed by atoms with E-state index in [-0.39, 0.29) is 11.3 Å². The number of nitrogens with zero attached hydrogens (tertiary/aromatic N) is 1. The summed E-state index contributed by atoms with van der Waals surface area (Å²) >= 11 is 6.05. The molecule has 0 saturated heterocycles. The second-order valence-electron chi connectivity index (χ2n) is 2.17. The molecule has 0 aliphatic carbocycles. The Morgan fingerprint density at radius 2 is 1.85 bits per heavy atom. The van der Waals surface area contributed by atoms with Crippen LogP contribution in [0.1, 0.15) is 10.4 Å². The highest BCUT2D eigenvalue weighted by atomic mass is 79.9. The van der Waals surface area contributed by atoms with Gasteiger partial charge in [0.2, 0.25) is 0 Å². The van der Waals surface area contributed by atoms with Gasteiger partial charge >= 0.3 is 0 Å². The molecule has 0 amide bonds. The number of nitro groups is 1. The van der Waals surface area contributed by atoms with E-state index in [1.807, 2.05) is 0 Å². The highest BCUT2D eigenvalue weighted by Gasteiger charge is 2.20. The third-order valence-corrected chi connectivity index (χ3v) is 2.75. The van der Waals surface area contributed by atoms with E-state index in [4.69, 9.17) is 0 Å². The average molecular weight is 309 g/mol. The maximum Gasteiger partial charge on any atom is 0.295 e. The molecule has 0 N–H and O–H groups in total. The van der Waals surface area contributed by atoms with Crippen molar-refractivity contribution in [1.82, 2.24) is 0 Å². The summed E-state index contributed by atoms with van der Waals surface area (Å²) in [5.74, 6) is 0. The Hall–Kier alpha value is -0.750. The molecule has 0 atom stereocenters. The molecule has 0 radical (unpaired) electrons. The van der Waals surface area contributed by atoms with Crippen molar-refractivity contribution in [2.45, 2.75) is 0 Å². The molecule has 0 aliphatic heterocycles. The van der Waals surface area contributed by atoms with Crippen LogP contribution in [0.5, 0.6) is 0 Å². The zero-order chi connectivity index (χ0) is 10.0. The van der Waals surface area contributed by atoms with Crippen molar-refractivity contribution >= 4 is 43.8 Å². The molecular weight excluding hydrogens is 306 g/mol. The van der Waals surface area contributed by atoms with Crippen molar-refractivity contribution in [1.29, 1.82) is 0 Å². The van der Waals surface area contributed by atoms with Crippen molar-refractivity contribution in [2.24, 2.45) is 0 Å². The third kappa shape index (κ3) is 1.94. The molecule has 1 aromatic carbocycles. The van der Waals surface area contributed by atoms with Crippen LogP contribution in [-0.2, 0) is 0 Å². The molecule has 1 aromatic rings. The van der Waals surface area contributed by atoms with Gasteiger partial charge in [-0.3, -0.25) is 14.9 Å². The molecule has 13 heavy (non-hydrogen) atoms. The van der Waals surface area contributed by atoms with Crippen LogP contribution >= 0.6 is 31.9 Å². The highest BCUT2D eigenvalue weighted by molar-refractivity contribution is 9.11. The van der Waals surface area contributed by atoms with Crippen molar-refractivity contribution in [3.63, 3.8) is 0 Å². The summed E-state index contributed by atoms with van der Waals surface area (Å²) in [7, 11) is 0. The van der Waals surface area contributed by atoms with Gasteiger partial charge in [-0.15, -0.1) is 0 Å². The number of rotatable bonds is 2. The van der Waals surface area contributed by atoms with E-state index in [0.29, 0.717) is 15.2 Å². The number of benzene rings is 1. The number of carbonyl (C=O) groups excluding carboxylic acids is 1. The highest BCUT2D eigenvalue weighted by Crippen LogP contribution is 2.32. The predicted octanol–water partition coefficient (Wildman–Crippen LogP) is 2.93. The van der Waals surface area contributed by atoms with Crippen LogP contribution in [0.2, 0.25) is 0 Å². The standard InChI is InChI=1S/C7H3Br2NO3/c8-5-1-2-6(9)7(10(12)13)4(5)3-11/h1-3H. The van der Waals surface area contributed by atoms with Crippen molar-refractivity contribution < 1.29 is 9.72 Å². The van der Waals surface area contributed by atoms with Gasteiger partial charge in [-0.25, -0.2) is 0 Å². The minimum atomic E-state index is -0.599. The number of halogens is 2. The number of aldehydes is 1. The normalized spacial score (nSPS) is 9.69. The van der Waals surface area contributed by atoms with Gasteiger partial charge in [0.15, 0.2) is 6.29 Å². The van der Waals surface area contributed by atoms with Crippen LogP contribution in [0.15, 0.2) is 21.1 Å². The monoisotopic (exact) mass is 307 g/mol. The largest absolute Gasteiger partial charge is 0.298 e. The molecule has 0 unspecified atom stereocenters. The fourth-order valence-corrected chi connectivity index (χ4v) is 1.76. The van der Waals surface area contributed by atoms with Crippen LogP contribution < -0.4 is 0 Å². The van der Waals surface area contributed by atoms with Crippen LogP contribution in [0, 0.1) is 10.1 Å². The first kappa shape index (κ1) is 10.3. The first-order chi connectivity index (χ1) is 6.07. The van der Waals surface area contributed by atoms with E-state index in [1.165, 1.54) is 6.07 Å². The molecule has 6 heteroatoms. The van der Waals surface area contributed by atoms with Crippen LogP contribution in [0.25, 0.3) is 0 Å². The summed E-state index contributed by atoms with van der Waals surface area (Å²) in [5, 5.41) is 10.5. The van der Waals surface area contributed by atoms with Crippen LogP contribution in [-0.4, -0.2) is 11.2 Å². The lowest BCUT2D eigenvalue weighted by atomic mass is 10.2. The second kappa shape index (κ2) is 3.97. The summed E-state index contributed by atoms with van der Waals surface area (Å²) in [4.78, 5) is 20.5.